The fraction of sp³-hybridized carbons (Fsp3) is 1.00. The topological polar surface area (TPSA) is 24.9 Å². The van der Waals surface area contributed by atoms with Crippen LogP contribution in [-0.2, 0) is 9.47 Å². The van der Waals surface area contributed by atoms with E-state index >= 15 is 0 Å². The molecule has 0 saturated carbocycles. The molecule has 4 heteroatoms. The lowest BCUT2D eigenvalue weighted by Gasteiger charge is -2.58. The smallest absolute Gasteiger partial charge is 0.0992 e. The number of ether oxygens (including phenoxy) is 2. The summed E-state index contributed by atoms with van der Waals surface area (Å²) in [5.41, 5.74) is 0.241. The molecule has 0 amide bonds. The summed E-state index contributed by atoms with van der Waals surface area (Å²) in [6.07, 6.45) is 3.34. The second kappa shape index (κ2) is 3.95. The zero-order chi connectivity index (χ0) is 11.2. The summed E-state index contributed by atoms with van der Waals surface area (Å²) in [7, 11) is 2.11. The van der Waals surface area contributed by atoms with Gasteiger partial charge in [0.2, 0.25) is 0 Å². The lowest BCUT2D eigenvalue weighted by Crippen LogP contribution is -2.71. The van der Waals surface area contributed by atoms with Crippen molar-refractivity contribution in [3.05, 3.63) is 0 Å². The molecule has 3 fully saturated rings. The molecule has 0 radical (unpaired) electrons. The first-order chi connectivity index (χ1) is 7.65. The molecule has 3 rings (SSSR count). The molecule has 0 aromatic heterocycles. The van der Waals surface area contributed by atoms with Crippen LogP contribution in [0.15, 0.2) is 0 Å². The number of hydrogen-bond acceptors (Lipinski definition) is 4. The molecule has 0 aromatic rings. The fourth-order valence-electron chi connectivity index (χ4n) is 3.22. The standard InChI is InChI=1S/C12H22N2O2/c1-10-5-12(16-10)7-14(8-12)6-11-3-4-13(2)9-15-11/h10-11H,3-9H2,1-2H3. The first-order valence-corrected chi connectivity index (χ1v) is 6.36. The molecule has 0 aliphatic carbocycles. The summed E-state index contributed by atoms with van der Waals surface area (Å²) >= 11 is 0. The van der Waals surface area contributed by atoms with Crippen LogP contribution >= 0.6 is 0 Å². The van der Waals surface area contributed by atoms with Gasteiger partial charge >= 0.3 is 0 Å². The van der Waals surface area contributed by atoms with Gasteiger partial charge in [-0.3, -0.25) is 9.80 Å². The van der Waals surface area contributed by atoms with E-state index in [1.807, 2.05) is 0 Å². The van der Waals surface area contributed by atoms with Gasteiger partial charge < -0.3 is 9.47 Å². The second-order valence-electron chi connectivity index (χ2n) is 5.77. The normalized spacial score (nSPS) is 39.4. The number of nitrogens with zero attached hydrogens (tertiary/aromatic N) is 2. The Bertz CT molecular complexity index is 250. The van der Waals surface area contributed by atoms with Gasteiger partial charge in [-0.15, -0.1) is 0 Å². The van der Waals surface area contributed by atoms with Gasteiger partial charge in [0.25, 0.3) is 0 Å². The third-order valence-corrected chi connectivity index (χ3v) is 3.96. The summed E-state index contributed by atoms with van der Waals surface area (Å²) in [6.45, 7) is 7.44. The molecule has 2 atom stereocenters. The lowest BCUT2D eigenvalue weighted by molar-refractivity contribution is -0.263. The maximum Gasteiger partial charge on any atom is 0.0992 e. The van der Waals surface area contributed by atoms with Crippen LogP contribution in [-0.4, -0.2) is 67.6 Å². The zero-order valence-electron chi connectivity index (χ0n) is 10.3. The first-order valence-electron chi connectivity index (χ1n) is 6.36. The first kappa shape index (κ1) is 11.0. The van der Waals surface area contributed by atoms with E-state index < -0.39 is 0 Å². The van der Waals surface area contributed by atoms with E-state index in [2.05, 4.69) is 23.8 Å². The molecular formula is C12H22N2O2. The highest BCUT2D eigenvalue weighted by molar-refractivity contribution is 5.04. The largest absolute Gasteiger partial charge is 0.369 e. The highest BCUT2D eigenvalue weighted by Crippen LogP contribution is 2.40. The molecule has 3 saturated heterocycles. The summed E-state index contributed by atoms with van der Waals surface area (Å²) < 4.78 is 11.6. The molecule has 92 valence electrons. The molecule has 3 aliphatic heterocycles. The van der Waals surface area contributed by atoms with Crippen molar-refractivity contribution in [1.82, 2.24) is 9.80 Å². The van der Waals surface area contributed by atoms with E-state index in [0.717, 1.165) is 39.3 Å². The van der Waals surface area contributed by atoms with Crippen molar-refractivity contribution in [3.8, 4) is 0 Å². The molecule has 0 aromatic carbocycles. The van der Waals surface area contributed by atoms with Crippen LogP contribution in [0.1, 0.15) is 19.8 Å². The highest BCUT2D eigenvalue weighted by Gasteiger charge is 2.52. The molecule has 1 spiro atoms. The van der Waals surface area contributed by atoms with Crippen LogP contribution in [0.25, 0.3) is 0 Å². The van der Waals surface area contributed by atoms with Gasteiger partial charge in [0, 0.05) is 32.6 Å². The van der Waals surface area contributed by atoms with Crippen LogP contribution in [0.5, 0.6) is 0 Å². The van der Waals surface area contributed by atoms with Gasteiger partial charge in [-0.2, -0.15) is 0 Å². The minimum atomic E-state index is 0.241. The summed E-state index contributed by atoms with van der Waals surface area (Å²) in [4.78, 5) is 4.70. The Morgan fingerprint density at radius 1 is 1.38 bits per heavy atom. The monoisotopic (exact) mass is 226 g/mol. The van der Waals surface area contributed by atoms with Gasteiger partial charge in [-0.25, -0.2) is 0 Å². The van der Waals surface area contributed by atoms with E-state index in [9.17, 15) is 0 Å². The van der Waals surface area contributed by atoms with Gasteiger partial charge in [0.15, 0.2) is 0 Å². The van der Waals surface area contributed by atoms with Crippen LogP contribution in [0.3, 0.4) is 0 Å². The van der Waals surface area contributed by atoms with Crippen LogP contribution in [0, 0.1) is 0 Å². The van der Waals surface area contributed by atoms with Crippen molar-refractivity contribution in [3.63, 3.8) is 0 Å². The SMILES string of the molecule is CC1CC2(CN(CC3CCN(C)CO3)C2)O1. The third kappa shape index (κ3) is 1.99. The quantitative estimate of drug-likeness (QED) is 0.685. The molecule has 16 heavy (non-hydrogen) atoms. The van der Waals surface area contributed by atoms with Gasteiger partial charge in [-0.05, 0) is 20.4 Å². The predicted octanol–water partition coefficient (Wildman–Crippen LogP) is 0.528. The lowest BCUT2D eigenvalue weighted by atomic mass is 9.82. The van der Waals surface area contributed by atoms with Gasteiger partial charge in [0.05, 0.1) is 24.5 Å². The molecule has 0 N–H and O–H groups in total. The van der Waals surface area contributed by atoms with Crippen LogP contribution in [0.4, 0.5) is 0 Å². The van der Waals surface area contributed by atoms with Crippen molar-refractivity contribution in [2.45, 2.75) is 37.6 Å². The Hall–Kier alpha value is -0.160. The van der Waals surface area contributed by atoms with Crippen LogP contribution < -0.4 is 0 Å². The van der Waals surface area contributed by atoms with Crippen molar-refractivity contribution >= 4 is 0 Å². The molecule has 2 unspecified atom stereocenters. The number of hydrogen-bond donors (Lipinski definition) is 0. The molecule has 3 heterocycles. The average molecular weight is 226 g/mol. The second-order valence-corrected chi connectivity index (χ2v) is 5.77. The van der Waals surface area contributed by atoms with E-state index in [0.29, 0.717) is 12.2 Å². The number of likely N-dealkylation sites (tertiary alicyclic amines) is 1. The van der Waals surface area contributed by atoms with Gasteiger partial charge in [-0.1, -0.05) is 0 Å². The zero-order valence-corrected chi connectivity index (χ0v) is 10.3. The van der Waals surface area contributed by atoms with Gasteiger partial charge in [0.1, 0.15) is 0 Å². The Morgan fingerprint density at radius 3 is 2.69 bits per heavy atom. The van der Waals surface area contributed by atoms with Crippen molar-refractivity contribution in [2.75, 3.05) is 40.0 Å². The van der Waals surface area contributed by atoms with E-state index in [-0.39, 0.29) is 5.60 Å². The third-order valence-electron chi connectivity index (χ3n) is 3.96. The Balaban J connectivity index is 1.38. The Morgan fingerprint density at radius 2 is 2.12 bits per heavy atom. The Labute approximate surface area is 97.5 Å². The fourth-order valence-corrected chi connectivity index (χ4v) is 3.22. The summed E-state index contributed by atoms with van der Waals surface area (Å²) in [6, 6.07) is 0. The molecule has 0 bridgehead atoms. The maximum atomic E-state index is 5.81. The van der Waals surface area contributed by atoms with E-state index in [1.165, 1.54) is 6.42 Å². The number of rotatable bonds is 2. The maximum absolute atomic E-state index is 5.81. The van der Waals surface area contributed by atoms with Crippen molar-refractivity contribution < 1.29 is 9.47 Å². The van der Waals surface area contributed by atoms with Crippen molar-refractivity contribution in [1.29, 1.82) is 0 Å². The minimum Gasteiger partial charge on any atom is -0.369 e. The highest BCUT2D eigenvalue weighted by atomic mass is 16.5. The van der Waals surface area contributed by atoms with E-state index in [4.69, 9.17) is 9.47 Å². The van der Waals surface area contributed by atoms with Crippen molar-refractivity contribution in [2.24, 2.45) is 0 Å². The average Bonchev–Trinajstić information content (AvgIpc) is 2.16. The summed E-state index contributed by atoms with van der Waals surface area (Å²) in [5.74, 6) is 0. The molecule has 4 nitrogen and oxygen atoms in total. The summed E-state index contributed by atoms with van der Waals surface area (Å²) in [5, 5.41) is 0. The van der Waals surface area contributed by atoms with Crippen LogP contribution in [0.2, 0.25) is 0 Å². The minimum absolute atomic E-state index is 0.241. The van der Waals surface area contributed by atoms with E-state index in [1.54, 1.807) is 0 Å². The molecular weight excluding hydrogens is 204 g/mol. The predicted molar refractivity (Wildman–Crippen MR) is 61.3 cm³/mol. The Kier molecular flexibility index (Phi) is 2.70. The molecule has 3 aliphatic rings.